The third kappa shape index (κ3) is 4.90. The Morgan fingerprint density at radius 2 is 1.87 bits per heavy atom. The van der Waals surface area contributed by atoms with Gasteiger partial charge in [-0.2, -0.15) is 0 Å². The van der Waals surface area contributed by atoms with Crippen molar-refractivity contribution in [2.45, 2.75) is 5.75 Å². The van der Waals surface area contributed by atoms with Gasteiger partial charge in [-0.05, 0) is 17.0 Å². The predicted molar refractivity (Wildman–Crippen MR) is 88.2 cm³/mol. The smallest absolute Gasteiger partial charge is 0.340 e. The highest BCUT2D eigenvalue weighted by Gasteiger charge is 2.20. The van der Waals surface area contributed by atoms with Crippen LogP contribution in [0.25, 0.3) is 0 Å². The van der Waals surface area contributed by atoms with Crippen LogP contribution in [0, 0.1) is 0 Å². The molecule has 1 aromatic heterocycles. The van der Waals surface area contributed by atoms with Gasteiger partial charge in [-0.15, -0.1) is 11.3 Å². The van der Waals surface area contributed by atoms with Gasteiger partial charge in [0.25, 0.3) is 0 Å². The number of rotatable bonds is 6. The average molecular weight is 353 g/mol. The minimum Gasteiger partial charge on any atom is -0.465 e. The second-order valence-corrected chi connectivity index (χ2v) is 7.70. The maximum atomic E-state index is 12.1. The molecule has 0 aliphatic rings. The second kappa shape index (κ2) is 7.38. The highest BCUT2D eigenvalue weighted by Crippen LogP contribution is 2.24. The number of anilines is 1. The molecule has 0 aliphatic carbocycles. The molecule has 0 bridgehead atoms. The molecule has 8 heteroatoms. The van der Waals surface area contributed by atoms with Crippen LogP contribution < -0.4 is 5.32 Å². The van der Waals surface area contributed by atoms with Gasteiger partial charge in [0.15, 0.2) is 9.84 Å². The highest BCUT2D eigenvalue weighted by atomic mass is 32.2. The summed E-state index contributed by atoms with van der Waals surface area (Å²) in [5.74, 6) is -2.14. The van der Waals surface area contributed by atoms with Crippen molar-refractivity contribution in [2.75, 3.05) is 18.2 Å². The van der Waals surface area contributed by atoms with E-state index in [9.17, 15) is 18.0 Å². The number of hydrogen-bond acceptors (Lipinski definition) is 6. The summed E-state index contributed by atoms with van der Waals surface area (Å²) < 4.78 is 28.7. The van der Waals surface area contributed by atoms with Gasteiger partial charge in [-0.3, -0.25) is 4.79 Å². The standard InChI is InChI=1S/C15H15NO5S2/c1-21-15(18)12-7-8-22-14(12)16-13(17)10-23(19,20)9-11-5-3-2-4-6-11/h2-8H,9-10H2,1H3,(H,16,17). The van der Waals surface area contributed by atoms with Crippen molar-refractivity contribution in [3.8, 4) is 0 Å². The van der Waals surface area contributed by atoms with Crippen LogP contribution in [0.5, 0.6) is 0 Å². The summed E-state index contributed by atoms with van der Waals surface area (Å²) in [6, 6.07) is 10.1. The van der Waals surface area contributed by atoms with Crippen molar-refractivity contribution in [3.63, 3.8) is 0 Å². The van der Waals surface area contributed by atoms with Crippen molar-refractivity contribution >= 4 is 38.1 Å². The van der Waals surface area contributed by atoms with Gasteiger partial charge >= 0.3 is 5.97 Å². The molecule has 1 amide bonds. The summed E-state index contributed by atoms with van der Waals surface area (Å²) in [5.41, 5.74) is 0.818. The lowest BCUT2D eigenvalue weighted by molar-refractivity contribution is -0.113. The number of carbonyl (C=O) groups is 2. The first-order valence-corrected chi connectivity index (χ1v) is 9.31. The van der Waals surface area contributed by atoms with Crippen molar-refractivity contribution in [2.24, 2.45) is 0 Å². The summed E-state index contributed by atoms with van der Waals surface area (Å²) >= 11 is 1.12. The van der Waals surface area contributed by atoms with E-state index in [1.54, 1.807) is 35.7 Å². The summed E-state index contributed by atoms with van der Waals surface area (Å²) in [4.78, 5) is 23.5. The molecule has 1 heterocycles. The zero-order valence-corrected chi connectivity index (χ0v) is 13.9. The molecule has 0 radical (unpaired) electrons. The van der Waals surface area contributed by atoms with Gasteiger partial charge < -0.3 is 10.1 Å². The minimum absolute atomic E-state index is 0.200. The largest absolute Gasteiger partial charge is 0.465 e. The Kier molecular flexibility index (Phi) is 5.51. The van der Waals surface area contributed by atoms with Crippen molar-refractivity contribution < 1.29 is 22.7 Å². The first-order valence-electron chi connectivity index (χ1n) is 6.61. The summed E-state index contributed by atoms with van der Waals surface area (Å²) in [6.45, 7) is 0. The molecule has 122 valence electrons. The normalized spacial score (nSPS) is 11.0. The van der Waals surface area contributed by atoms with Gasteiger partial charge in [0.1, 0.15) is 10.8 Å². The van der Waals surface area contributed by atoms with Gasteiger partial charge in [0.05, 0.1) is 18.4 Å². The molecule has 0 fully saturated rings. The summed E-state index contributed by atoms with van der Waals surface area (Å²) in [5, 5.41) is 4.33. The Hall–Kier alpha value is -2.19. The number of carbonyl (C=O) groups excluding carboxylic acids is 2. The third-order valence-electron chi connectivity index (χ3n) is 2.90. The molecule has 0 spiro atoms. The van der Waals surface area contributed by atoms with Gasteiger partial charge in [0.2, 0.25) is 5.91 Å². The Bertz CT molecular complexity index is 796. The molecular weight excluding hydrogens is 338 g/mol. The first kappa shape index (κ1) is 17.2. The van der Waals surface area contributed by atoms with E-state index in [-0.39, 0.29) is 16.3 Å². The van der Waals surface area contributed by atoms with E-state index < -0.39 is 27.5 Å². The topological polar surface area (TPSA) is 89.5 Å². The van der Waals surface area contributed by atoms with Crippen LogP contribution in [0.2, 0.25) is 0 Å². The van der Waals surface area contributed by atoms with E-state index in [1.165, 1.54) is 13.2 Å². The zero-order chi connectivity index (χ0) is 16.9. The quantitative estimate of drug-likeness (QED) is 0.803. The lowest BCUT2D eigenvalue weighted by atomic mass is 10.2. The van der Waals surface area contributed by atoms with Gasteiger partial charge in [0, 0.05) is 0 Å². The van der Waals surface area contributed by atoms with Crippen LogP contribution in [0.15, 0.2) is 41.8 Å². The Morgan fingerprint density at radius 1 is 1.17 bits per heavy atom. The molecule has 2 rings (SSSR count). The van der Waals surface area contributed by atoms with Crippen LogP contribution in [-0.2, 0) is 25.1 Å². The lowest BCUT2D eigenvalue weighted by Gasteiger charge is -2.06. The van der Waals surface area contributed by atoms with Crippen LogP contribution in [-0.4, -0.2) is 33.2 Å². The van der Waals surface area contributed by atoms with Gasteiger partial charge in [-0.25, -0.2) is 13.2 Å². The highest BCUT2D eigenvalue weighted by molar-refractivity contribution is 7.91. The lowest BCUT2D eigenvalue weighted by Crippen LogP contribution is -2.24. The van der Waals surface area contributed by atoms with Gasteiger partial charge in [-0.1, -0.05) is 30.3 Å². The molecule has 0 saturated carbocycles. The molecular formula is C15H15NO5S2. The molecule has 6 nitrogen and oxygen atoms in total. The molecule has 2 aromatic rings. The predicted octanol–water partition coefficient (Wildman–Crippen LogP) is 2.09. The number of thiophene rings is 1. The zero-order valence-electron chi connectivity index (χ0n) is 12.3. The number of benzene rings is 1. The number of nitrogens with one attached hydrogen (secondary N) is 1. The number of sulfone groups is 1. The fraction of sp³-hybridized carbons (Fsp3) is 0.200. The molecule has 23 heavy (non-hydrogen) atoms. The SMILES string of the molecule is COC(=O)c1ccsc1NC(=O)CS(=O)(=O)Cc1ccccc1. The van der Waals surface area contributed by atoms with E-state index in [0.717, 1.165) is 11.3 Å². The molecule has 1 N–H and O–H groups in total. The number of ether oxygens (including phenoxy) is 1. The van der Waals surface area contributed by atoms with E-state index in [0.29, 0.717) is 5.56 Å². The average Bonchev–Trinajstić information content (AvgIpc) is 2.94. The monoisotopic (exact) mass is 353 g/mol. The molecule has 0 saturated heterocycles. The molecule has 1 aromatic carbocycles. The van der Waals surface area contributed by atoms with Crippen molar-refractivity contribution in [3.05, 3.63) is 52.9 Å². The van der Waals surface area contributed by atoms with Crippen molar-refractivity contribution in [1.29, 1.82) is 0 Å². The first-order chi connectivity index (χ1) is 10.9. The Labute approximate surface area is 138 Å². The van der Waals surface area contributed by atoms with E-state index in [2.05, 4.69) is 10.1 Å². The summed E-state index contributed by atoms with van der Waals surface area (Å²) in [6.07, 6.45) is 0. The van der Waals surface area contributed by atoms with Crippen LogP contribution in [0.1, 0.15) is 15.9 Å². The third-order valence-corrected chi connectivity index (χ3v) is 5.21. The summed E-state index contributed by atoms with van der Waals surface area (Å²) in [7, 11) is -2.37. The fourth-order valence-electron chi connectivity index (χ4n) is 1.92. The van der Waals surface area contributed by atoms with E-state index in [4.69, 9.17) is 0 Å². The Balaban J connectivity index is 2.02. The number of amides is 1. The van der Waals surface area contributed by atoms with E-state index in [1.807, 2.05) is 0 Å². The number of esters is 1. The fourth-order valence-corrected chi connectivity index (χ4v) is 3.98. The maximum absolute atomic E-state index is 12.1. The second-order valence-electron chi connectivity index (χ2n) is 4.72. The Morgan fingerprint density at radius 3 is 2.52 bits per heavy atom. The maximum Gasteiger partial charge on any atom is 0.340 e. The van der Waals surface area contributed by atoms with Crippen molar-refractivity contribution in [1.82, 2.24) is 0 Å². The van der Waals surface area contributed by atoms with Crippen LogP contribution in [0.4, 0.5) is 5.00 Å². The number of methoxy groups -OCH3 is 1. The minimum atomic E-state index is -3.60. The molecule has 0 aliphatic heterocycles. The number of hydrogen-bond donors (Lipinski definition) is 1. The molecule has 0 atom stereocenters. The molecule has 0 unspecified atom stereocenters. The van der Waals surface area contributed by atoms with Crippen LogP contribution >= 0.6 is 11.3 Å². The van der Waals surface area contributed by atoms with E-state index >= 15 is 0 Å². The van der Waals surface area contributed by atoms with Crippen LogP contribution in [0.3, 0.4) is 0 Å².